The van der Waals surface area contributed by atoms with Crippen molar-refractivity contribution in [3.05, 3.63) is 60.2 Å². The summed E-state index contributed by atoms with van der Waals surface area (Å²) in [7, 11) is -3.82. The number of alkyl halides is 3. The number of rotatable bonds is 5. The minimum Gasteiger partial charge on any atom is -0.318 e. The molecule has 0 aliphatic carbocycles. The minimum absolute atomic E-state index is 0.0791. The molecule has 0 fully saturated rings. The molecule has 24 heavy (non-hydrogen) atoms. The van der Waals surface area contributed by atoms with Crippen LogP contribution >= 0.6 is 0 Å². The maximum Gasteiger partial charge on any atom is 0.471 e. The van der Waals surface area contributed by atoms with E-state index >= 15 is 0 Å². The number of sulfonamides is 1. The van der Waals surface area contributed by atoms with Gasteiger partial charge in [-0.25, -0.2) is 13.1 Å². The van der Waals surface area contributed by atoms with Crippen molar-refractivity contribution in [1.82, 2.24) is 4.72 Å². The third-order valence-electron chi connectivity index (χ3n) is 2.99. The van der Waals surface area contributed by atoms with Crippen molar-refractivity contribution in [2.24, 2.45) is 0 Å². The zero-order valence-corrected chi connectivity index (χ0v) is 13.0. The van der Waals surface area contributed by atoms with Gasteiger partial charge in [0.15, 0.2) is 0 Å². The molecule has 0 unspecified atom stereocenters. The molecular weight excluding hydrogens is 345 g/mol. The second-order valence-corrected chi connectivity index (χ2v) is 6.55. The summed E-state index contributed by atoms with van der Waals surface area (Å²) in [6.07, 6.45) is -5.01. The molecule has 0 saturated heterocycles. The highest BCUT2D eigenvalue weighted by atomic mass is 32.2. The highest BCUT2D eigenvalue weighted by molar-refractivity contribution is 7.89. The van der Waals surface area contributed by atoms with Gasteiger partial charge < -0.3 is 5.32 Å². The number of halogens is 3. The van der Waals surface area contributed by atoms with Gasteiger partial charge in [-0.15, -0.1) is 0 Å². The molecular formula is C15H13F3N2O3S. The SMILES string of the molecule is O=C(Nc1ccc(S(=O)(=O)NCc2ccccc2)cc1)C(F)(F)F. The van der Waals surface area contributed by atoms with E-state index in [0.717, 1.165) is 29.8 Å². The van der Waals surface area contributed by atoms with Crippen LogP contribution in [-0.2, 0) is 21.4 Å². The summed E-state index contributed by atoms with van der Waals surface area (Å²) >= 11 is 0. The number of amides is 1. The zero-order valence-electron chi connectivity index (χ0n) is 12.2. The third-order valence-corrected chi connectivity index (χ3v) is 4.41. The Kier molecular flexibility index (Phi) is 5.25. The van der Waals surface area contributed by atoms with E-state index in [2.05, 4.69) is 4.72 Å². The van der Waals surface area contributed by atoms with Crippen LogP contribution in [0, 0.1) is 0 Å². The van der Waals surface area contributed by atoms with E-state index < -0.39 is 22.1 Å². The third kappa shape index (κ3) is 4.80. The second kappa shape index (κ2) is 7.02. The van der Waals surface area contributed by atoms with E-state index in [9.17, 15) is 26.4 Å². The number of hydrogen-bond donors (Lipinski definition) is 2. The molecule has 0 bridgehead atoms. The lowest BCUT2D eigenvalue weighted by Gasteiger charge is -2.10. The monoisotopic (exact) mass is 358 g/mol. The predicted octanol–water partition coefficient (Wildman–Crippen LogP) is 2.67. The summed E-state index contributed by atoms with van der Waals surface area (Å²) < 4.78 is 63.1. The summed E-state index contributed by atoms with van der Waals surface area (Å²) in [6.45, 7) is 0.0791. The lowest BCUT2D eigenvalue weighted by molar-refractivity contribution is -0.167. The molecule has 0 spiro atoms. The van der Waals surface area contributed by atoms with Gasteiger partial charge in [-0.2, -0.15) is 13.2 Å². The minimum atomic E-state index is -5.01. The van der Waals surface area contributed by atoms with Gasteiger partial charge in [0, 0.05) is 12.2 Å². The molecule has 2 aromatic rings. The molecule has 2 rings (SSSR count). The average Bonchev–Trinajstić information content (AvgIpc) is 2.54. The van der Waals surface area contributed by atoms with Crippen molar-refractivity contribution in [3.63, 3.8) is 0 Å². The van der Waals surface area contributed by atoms with E-state index in [-0.39, 0.29) is 17.1 Å². The van der Waals surface area contributed by atoms with E-state index in [0.29, 0.717) is 0 Å². The van der Waals surface area contributed by atoms with E-state index in [1.54, 1.807) is 35.6 Å². The Morgan fingerprint density at radius 2 is 1.54 bits per heavy atom. The number of carbonyl (C=O) groups excluding carboxylic acids is 1. The number of hydrogen-bond acceptors (Lipinski definition) is 3. The smallest absolute Gasteiger partial charge is 0.318 e. The van der Waals surface area contributed by atoms with Crippen LogP contribution in [0.1, 0.15) is 5.56 Å². The molecule has 0 saturated carbocycles. The fourth-order valence-electron chi connectivity index (χ4n) is 1.78. The van der Waals surface area contributed by atoms with Crippen molar-refractivity contribution < 1.29 is 26.4 Å². The lowest BCUT2D eigenvalue weighted by Crippen LogP contribution is -2.30. The normalized spacial score (nSPS) is 12.0. The molecule has 0 heterocycles. The molecule has 0 aromatic heterocycles. The fraction of sp³-hybridized carbons (Fsp3) is 0.133. The van der Waals surface area contributed by atoms with Crippen molar-refractivity contribution in [2.45, 2.75) is 17.6 Å². The molecule has 0 aliphatic heterocycles. The fourth-order valence-corrected chi connectivity index (χ4v) is 2.79. The van der Waals surface area contributed by atoms with Crippen molar-refractivity contribution in [1.29, 1.82) is 0 Å². The summed E-state index contributed by atoms with van der Waals surface area (Å²) in [5, 5.41) is 1.64. The van der Waals surface area contributed by atoms with Crippen LogP contribution in [-0.4, -0.2) is 20.5 Å². The molecule has 2 aromatic carbocycles. The van der Waals surface area contributed by atoms with Gasteiger partial charge in [-0.1, -0.05) is 30.3 Å². The zero-order chi connectivity index (χ0) is 17.8. The molecule has 128 valence electrons. The van der Waals surface area contributed by atoms with Crippen LogP contribution in [0.25, 0.3) is 0 Å². The Morgan fingerprint density at radius 1 is 0.958 bits per heavy atom. The van der Waals surface area contributed by atoms with Crippen LogP contribution in [0.2, 0.25) is 0 Å². The van der Waals surface area contributed by atoms with Gasteiger partial charge >= 0.3 is 12.1 Å². The Bertz CT molecular complexity index is 804. The van der Waals surface area contributed by atoms with E-state index in [4.69, 9.17) is 0 Å². The Hall–Kier alpha value is -2.39. The highest BCUT2D eigenvalue weighted by Crippen LogP contribution is 2.19. The first-order chi connectivity index (χ1) is 11.2. The van der Waals surface area contributed by atoms with Gasteiger partial charge in [-0.3, -0.25) is 4.79 Å². The number of anilines is 1. The number of benzene rings is 2. The first-order valence-corrected chi connectivity index (χ1v) is 8.18. The summed E-state index contributed by atoms with van der Waals surface area (Å²) in [4.78, 5) is 10.7. The predicted molar refractivity (Wildman–Crippen MR) is 81.6 cm³/mol. The summed E-state index contributed by atoms with van der Waals surface area (Å²) in [5.41, 5.74) is 0.606. The van der Waals surface area contributed by atoms with Gasteiger partial charge in [0.2, 0.25) is 10.0 Å². The first kappa shape index (κ1) is 18.0. The Morgan fingerprint density at radius 3 is 2.08 bits per heavy atom. The molecule has 2 N–H and O–H groups in total. The van der Waals surface area contributed by atoms with Crippen LogP contribution in [0.4, 0.5) is 18.9 Å². The van der Waals surface area contributed by atoms with Crippen LogP contribution in [0.15, 0.2) is 59.5 Å². The van der Waals surface area contributed by atoms with Gasteiger partial charge in [0.05, 0.1) is 4.90 Å². The number of nitrogens with one attached hydrogen (secondary N) is 2. The lowest BCUT2D eigenvalue weighted by atomic mass is 10.2. The largest absolute Gasteiger partial charge is 0.471 e. The molecule has 0 radical (unpaired) electrons. The maximum atomic E-state index is 12.1. The average molecular weight is 358 g/mol. The quantitative estimate of drug-likeness (QED) is 0.863. The first-order valence-electron chi connectivity index (χ1n) is 6.70. The standard InChI is InChI=1S/C15H13F3N2O3S/c16-15(17,18)14(21)20-12-6-8-13(9-7-12)24(22,23)19-10-11-4-2-1-3-5-11/h1-9,19H,10H2,(H,20,21). The Labute approximate surface area is 136 Å². The molecule has 1 amide bonds. The molecule has 0 aliphatic rings. The Balaban J connectivity index is 2.05. The van der Waals surface area contributed by atoms with Crippen molar-refractivity contribution in [2.75, 3.05) is 5.32 Å². The summed E-state index contributed by atoms with van der Waals surface area (Å²) in [5.74, 6) is -2.12. The second-order valence-electron chi connectivity index (χ2n) is 4.79. The van der Waals surface area contributed by atoms with Crippen molar-refractivity contribution in [3.8, 4) is 0 Å². The van der Waals surface area contributed by atoms with Crippen LogP contribution < -0.4 is 10.0 Å². The van der Waals surface area contributed by atoms with E-state index in [1.165, 1.54) is 0 Å². The topological polar surface area (TPSA) is 75.3 Å². The molecule has 9 heteroatoms. The number of carbonyl (C=O) groups is 1. The maximum absolute atomic E-state index is 12.1. The molecule has 5 nitrogen and oxygen atoms in total. The van der Waals surface area contributed by atoms with Gasteiger partial charge in [-0.05, 0) is 29.8 Å². The van der Waals surface area contributed by atoms with Crippen molar-refractivity contribution >= 4 is 21.6 Å². The van der Waals surface area contributed by atoms with Crippen LogP contribution in [0.3, 0.4) is 0 Å². The highest BCUT2D eigenvalue weighted by Gasteiger charge is 2.38. The van der Waals surface area contributed by atoms with Crippen LogP contribution in [0.5, 0.6) is 0 Å². The van der Waals surface area contributed by atoms with Gasteiger partial charge in [0.25, 0.3) is 0 Å². The molecule has 0 atom stereocenters. The summed E-state index contributed by atoms with van der Waals surface area (Å²) in [6, 6.07) is 13.2. The van der Waals surface area contributed by atoms with Gasteiger partial charge in [0.1, 0.15) is 0 Å². The van der Waals surface area contributed by atoms with E-state index in [1.807, 2.05) is 0 Å².